The predicted molar refractivity (Wildman–Crippen MR) is 111 cm³/mol. The van der Waals surface area contributed by atoms with Crippen LogP contribution >= 0.6 is 10.6 Å². The van der Waals surface area contributed by atoms with Gasteiger partial charge in [-0.2, -0.15) is 10.6 Å². The molecule has 10 heteroatoms. The van der Waals surface area contributed by atoms with Crippen molar-refractivity contribution < 1.29 is 33.7 Å². The number of benzene rings is 1. The number of carbonyl (C=O) groups is 2. The first-order valence-electron chi connectivity index (χ1n) is 9.09. The highest BCUT2D eigenvalue weighted by atomic mass is 32.3. The summed E-state index contributed by atoms with van der Waals surface area (Å²) in [4.78, 5) is 24.8. The van der Waals surface area contributed by atoms with Gasteiger partial charge in [-0.25, -0.2) is 5.48 Å². The molecular weight excluding hydrogens is 412 g/mol. The van der Waals surface area contributed by atoms with E-state index in [1.807, 2.05) is 0 Å². The number of carbonyl (C=O) groups excluding carboxylic acids is 2. The molecule has 2 rings (SSSR count). The first-order chi connectivity index (χ1) is 14.3. The monoisotopic (exact) mass is 436 g/mol. The van der Waals surface area contributed by atoms with Crippen molar-refractivity contribution >= 4 is 22.4 Å². The Morgan fingerprint density at radius 3 is 2.43 bits per heavy atom. The molecule has 1 aliphatic heterocycles. The first-order valence-corrected chi connectivity index (χ1v) is 11.0. The molecule has 0 radical (unpaired) electrons. The highest BCUT2D eigenvalue weighted by molar-refractivity contribution is 8.25. The average molecular weight is 436 g/mol. The molecule has 1 heterocycles. The number of aliphatic hydroxyl groups is 1. The van der Waals surface area contributed by atoms with Gasteiger partial charge < -0.3 is 15.2 Å². The van der Waals surface area contributed by atoms with E-state index >= 15 is 0 Å². The molecule has 1 atom stereocenters. The molecule has 1 aromatic carbocycles. The summed E-state index contributed by atoms with van der Waals surface area (Å²) in [6.07, 6.45) is 0.342. The Morgan fingerprint density at radius 1 is 1.23 bits per heavy atom. The van der Waals surface area contributed by atoms with Crippen LogP contribution in [0.25, 0.3) is 0 Å². The topological polar surface area (TPSA) is 148 Å². The van der Waals surface area contributed by atoms with E-state index in [-0.39, 0.29) is 30.3 Å². The lowest BCUT2D eigenvalue weighted by Gasteiger charge is -2.57. The van der Waals surface area contributed by atoms with Crippen LogP contribution in [0.15, 0.2) is 24.3 Å². The zero-order chi connectivity index (χ0) is 22.2. The highest BCUT2D eigenvalue weighted by Gasteiger charge is 2.57. The summed E-state index contributed by atoms with van der Waals surface area (Å²) in [5, 5.41) is 20.2. The lowest BCUT2D eigenvalue weighted by molar-refractivity contribution is -0.140. The number of amides is 2. The Morgan fingerprint density at radius 2 is 1.90 bits per heavy atom. The molecule has 0 bridgehead atoms. The third-order valence-electron chi connectivity index (χ3n) is 4.30. The van der Waals surface area contributed by atoms with Crippen molar-refractivity contribution in [3.05, 3.63) is 35.4 Å². The van der Waals surface area contributed by atoms with Crippen molar-refractivity contribution in [3.63, 3.8) is 0 Å². The number of rotatable bonds is 7. The van der Waals surface area contributed by atoms with Crippen molar-refractivity contribution in [2.75, 3.05) is 24.7 Å². The molecule has 0 spiro atoms. The second-order valence-electron chi connectivity index (χ2n) is 6.57. The van der Waals surface area contributed by atoms with Crippen LogP contribution in [0.1, 0.15) is 29.3 Å². The number of ether oxygens (including phenoxy) is 1. The first kappa shape index (κ1) is 23.7. The standard InChI is InChI=1S/C20H24N2O7S/c1-2-29-20(13-30(27,28)14-20)17(19(25)22-26)21-18(24)16-10-8-15(9-11-16)7-5-3-4-6-12-23/h8-11,17,23,26-28H,2,6,12-14H2,1H3,(H,21,24)(H,22,25). The minimum atomic E-state index is -2.90. The molecule has 0 aromatic heterocycles. The molecule has 30 heavy (non-hydrogen) atoms. The molecule has 162 valence electrons. The molecule has 0 aliphatic carbocycles. The van der Waals surface area contributed by atoms with Crippen molar-refractivity contribution in [3.8, 4) is 23.7 Å². The number of nitrogens with one attached hydrogen (secondary N) is 2. The number of hydrogen-bond donors (Lipinski definition) is 6. The van der Waals surface area contributed by atoms with E-state index in [2.05, 4.69) is 29.0 Å². The summed E-state index contributed by atoms with van der Waals surface area (Å²) < 4.78 is 25.2. The minimum absolute atomic E-state index is 0.0305. The molecule has 1 fully saturated rings. The van der Waals surface area contributed by atoms with Gasteiger partial charge in [0.2, 0.25) is 0 Å². The summed E-state index contributed by atoms with van der Waals surface area (Å²) in [6.45, 7) is 1.82. The van der Waals surface area contributed by atoms with E-state index in [0.717, 1.165) is 0 Å². The number of aliphatic hydroxyl groups excluding tert-OH is 1. The SMILES string of the molecule is CCOC1(C(NC(=O)c2ccc(C#CC#CCCO)cc2)C(=O)NO)CS(O)(O)C1. The Labute approximate surface area is 176 Å². The summed E-state index contributed by atoms with van der Waals surface area (Å²) >= 11 is 0. The van der Waals surface area contributed by atoms with Crippen molar-refractivity contribution in [1.82, 2.24) is 10.8 Å². The van der Waals surface area contributed by atoms with E-state index < -0.39 is 34.0 Å². The van der Waals surface area contributed by atoms with Crippen LogP contribution in [0.5, 0.6) is 0 Å². The summed E-state index contributed by atoms with van der Waals surface area (Å²) in [5.41, 5.74) is 1.02. The van der Waals surface area contributed by atoms with Gasteiger partial charge in [0.15, 0.2) is 0 Å². The molecule has 1 unspecified atom stereocenters. The van der Waals surface area contributed by atoms with Crippen molar-refractivity contribution in [2.45, 2.75) is 25.0 Å². The number of hydrogen-bond acceptors (Lipinski definition) is 7. The fraction of sp³-hybridized carbons (Fsp3) is 0.400. The maximum Gasteiger partial charge on any atom is 0.269 e. The summed E-state index contributed by atoms with van der Waals surface area (Å²) in [7, 11) is -2.90. The zero-order valence-corrected chi connectivity index (χ0v) is 17.2. The van der Waals surface area contributed by atoms with E-state index in [4.69, 9.17) is 15.1 Å². The summed E-state index contributed by atoms with van der Waals surface area (Å²) in [5.74, 6) is 8.72. The second kappa shape index (κ2) is 10.5. The van der Waals surface area contributed by atoms with Gasteiger partial charge in [-0.3, -0.25) is 23.9 Å². The van der Waals surface area contributed by atoms with Gasteiger partial charge in [-0.05, 0) is 43.0 Å². The van der Waals surface area contributed by atoms with E-state index in [1.54, 1.807) is 19.1 Å². The fourth-order valence-corrected chi connectivity index (χ4v) is 5.03. The largest absolute Gasteiger partial charge is 0.395 e. The summed E-state index contributed by atoms with van der Waals surface area (Å²) in [6, 6.07) is 4.91. The van der Waals surface area contributed by atoms with Crippen LogP contribution in [-0.4, -0.2) is 67.6 Å². The molecule has 9 nitrogen and oxygen atoms in total. The second-order valence-corrected chi connectivity index (χ2v) is 8.76. The molecule has 1 aliphatic rings. The maximum atomic E-state index is 12.6. The molecular formula is C20H24N2O7S. The molecule has 2 amide bonds. The third-order valence-corrected chi connectivity index (χ3v) is 6.20. The Hall–Kier alpha value is -2.57. The van der Waals surface area contributed by atoms with Crippen LogP contribution in [0, 0.1) is 23.7 Å². The van der Waals surface area contributed by atoms with Gasteiger partial charge in [0.05, 0.1) is 18.1 Å². The van der Waals surface area contributed by atoms with Gasteiger partial charge in [-0.15, -0.1) is 0 Å². The Bertz CT molecular complexity index is 886. The number of hydroxylamine groups is 1. The minimum Gasteiger partial charge on any atom is -0.395 e. The van der Waals surface area contributed by atoms with E-state index in [9.17, 15) is 18.7 Å². The molecule has 6 N–H and O–H groups in total. The zero-order valence-electron chi connectivity index (χ0n) is 16.3. The van der Waals surface area contributed by atoms with Gasteiger partial charge in [0, 0.05) is 24.2 Å². The van der Waals surface area contributed by atoms with Gasteiger partial charge >= 0.3 is 0 Å². The Kier molecular flexibility index (Phi) is 8.26. The maximum absolute atomic E-state index is 12.6. The molecule has 1 aromatic rings. The fourth-order valence-electron chi connectivity index (χ4n) is 3.05. The van der Waals surface area contributed by atoms with Gasteiger partial charge in [0.25, 0.3) is 11.8 Å². The highest BCUT2D eigenvalue weighted by Crippen LogP contribution is 2.57. The molecule has 1 saturated heterocycles. The molecule has 0 saturated carbocycles. The lowest BCUT2D eigenvalue weighted by atomic mass is 9.95. The van der Waals surface area contributed by atoms with Crippen LogP contribution in [0.4, 0.5) is 0 Å². The Balaban J connectivity index is 2.14. The van der Waals surface area contributed by atoms with Crippen LogP contribution < -0.4 is 10.8 Å². The lowest BCUT2D eigenvalue weighted by Crippen LogP contribution is -2.70. The third kappa shape index (κ3) is 5.97. The van der Waals surface area contributed by atoms with Crippen molar-refractivity contribution in [1.29, 1.82) is 0 Å². The quantitative estimate of drug-likeness (QED) is 0.208. The van der Waals surface area contributed by atoms with Crippen LogP contribution in [0.3, 0.4) is 0 Å². The van der Waals surface area contributed by atoms with E-state index in [0.29, 0.717) is 12.0 Å². The smallest absolute Gasteiger partial charge is 0.269 e. The van der Waals surface area contributed by atoms with Crippen molar-refractivity contribution in [2.24, 2.45) is 0 Å². The normalized spacial score (nSPS) is 17.6. The van der Waals surface area contributed by atoms with Crippen LogP contribution in [-0.2, 0) is 9.53 Å². The van der Waals surface area contributed by atoms with Gasteiger partial charge in [0.1, 0.15) is 11.6 Å². The average Bonchev–Trinajstić information content (AvgIpc) is 2.70. The van der Waals surface area contributed by atoms with Crippen LogP contribution in [0.2, 0.25) is 0 Å². The van der Waals surface area contributed by atoms with E-state index in [1.165, 1.54) is 17.6 Å². The van der Waals surface area contributed by atoms with Gasteiger partial charge in [-0.1, -0.05) is 11.8 Å². The predicted octanol–water partition coefficient (Wildman–Crippen LogP) is 0.567.